The number of benzene rings is 2. The van der Waals surface area contributed by atoms with Crippen LogP contribution >= 0.6 is 0 Å². The van der Waals surface area contributed by atoms with Gasteiger partial charge in [0.1, 0.15) is 5.78 Å². The van der Waals surface area contributed by atoms with E-state index in [2.05, 4.69) is 5.32 Å². The van der Waals surface area contributed by atoms with Crippen molar-refractivity contribution < 1.29 is 9.59 Å². The molecular weight excluding hydrogens is 288 g/mol. The van der Waals surface area contributed by atoms with Crippen molar-refractivity contribution in [2.75, 3.05) is 6.54 Å². The smallest absolute Gasteiger partial charge is 0.318 e. The monoisotopic (exact) mass is 310 g/mol. The molecule has 0 heterocycles. The maximum Gasteiger partial charge on any atom is 0.318 e. The molecule has 0 saturated carbocycles. The third-order valence-electron chi connectivity index (χ3n) is 3.47. The van der Waals surface area contributed by atoms with Gasteiger partial charge in [0, 0.05) is 26.1 Å². The minimum absolute atomic E-state index is 0.0722. The van der Waals surface area contributed by atoms with Crippen molar-refractivity contribution in [2.24, 2.45) is 0 Å². The van der Waals surface area contributed by atoms with E-state index < -0.39 is 0 Å². The molecule has 2 aromatic carbocycles. The van der Waals surface area contributed by atoms with Gasteiger partial charge in [0.15, 0.2) is 0 Å². The summed E-state index contributed by atoms with van der Waals surface area (Å²) in [6.07, 6.45) is 0.357. The van der Waals surface area contributed by atoms with Crippen molar-refractivity contribution in [1.82, 2.24) is 10.2 Å². The van der Waals surface area contributed by atoms with E-state index in [1.54, 1.807) is 4.90 Å². The van der Waals surface area contributed by atoms with Crippen LogP contribution in [0.15, 0.2) is 60.7 Å². The Labute approximate surface area is 137 Å². The predicted molar refractivity (Wildman–Crippen MR) is 90.8 cm³/mol. The fourth-order valence-corrected chi connectivity index (χ4v) is 2.26. The Balaban J connectivity index is 2.04. The van der Waals surface area contributed by atoms with Gasteiger partial charge < -0.3 is 10.2 Å². The lowest BCUT2D eigenvalue weighted by atomic mass is 10.2. The molecule has 0 atom stereocenters. The van der Waals surface area contributed by atoms with Gasteiger partial charge in [0.25, 0.3) is 0 Å². The van der Waals surface area contributed by atoms with Crippen molar-refractivity contribution in [3.05, 3.63) is 71.8 Å². The summed E-state index contributed by atoms with van der Waals surface area (Å²) in [6, 6.07) is 19.6. The van der Waals surface area contributed by atoms with E-state index in [4.69, 9.17) is 0 Å². The highest BCUT2D eigenvalue weighted by atomic mass is 16.2. The second kappa shape index (κ2) is 8.73. The van der Waals surface area contributed by atoms with Crippen LogP contribution in [0.3, 0.4) is 0 Å². The van der Waals surface area contributed by atoms with E-state index in [-0.39, 0.29) is 11.8 Å². The third kappa shape index (κ3) is 5.94. The lowest BCUT2D eigenvalue weighted by molar-refractivity contribution is -0.116. The first-order valence-electron chi connectivity index (χ1n) is 7.75. The Hall–Kier alpha value is -2.62. The third-order valence-corrected chi connectivity index (χ3v) is 3.47. The van der Waals surface area contributed by atoms with Crippen LogP contribution in [-0.4, -0.2) is 23.3 Å². The molecule has 2 rings (SSSR count). The second-order valence-corrected chi connectivity index (χ2v) is 5.51. The maximum atomic E-state index is 12.4. The molecule has 120 valence electrons. The number of carbonyl (C=O) groups is 2. The van der Waals surface area contributed by atoms with Crippen molar-refractivity contribution in [1.29, 1.82) is 0 Å². The Bertz CT molecular complexity index is 585. The molecule has 0 spiro atoms. The lowest BCUT2D eigenvalue weighted by Crippen LogP contribution is -2.39. The molecule has 0 fully saturated rings. The van der Waals surface area contributed by atoms with Crippen LogP contribution in [0.1, 0.15) is 24.5 Å². The molecule has 1 N–H and O–H groups in total. The number of rotatable bonds is 7. The van der Waals surface area contributed by atoms with Gasteiger partial charge in [-0.15, -0.1) is 0 Å². The molecule has 2 aromatic rings. The Morgan fingerprint density at radius 2 is 1.35 bits per heavy atom. The van der Waals surface area contributed by atoms with E-state index in [1.807, 2.05) is 60.7 Å². The summed E-state index contributed by atoms with van der Waals surface area (Å²) in [4.78, 5) is 25.2. The number of nitrogens with zero attached hydrogens (tertiary/aromatic N) is 1. The highest BCUT2D eigenvalue weighted by Gasteiger charge is 2.14. The number of Topliss-reactive ketones (excluding diaryl/α,β-unsaturated/α-hetero) is 1. The first kappa shape index (κ1) is 16.7. The van der Waals surface area contributed by atoms with Crippen LogP contribution in [0.2, 0.25) is 0 Å². The number of nitrogens with one attached hydrogen (secondary N) is 1. The van der Waals surface area contributed by atoms with Gasteiger partial charge in [-0.1, -0.05) is 60.7 Å². The number of urea groups is 1. The Kier molecular flexibility index (Phi) is 6.36. The van der Waals surface area contributed by atoms with E-state index in [0.29, 0.717) is 26.1 Å². The topological polar surface area (TPSA) is 49.4 Å². The summed E-state index contributed by atoms with van der Waals surface area (Å²) in [5.41, 5.74) is 2.15. The SMILES string of the molecule is CC(=O)CCNC(=O)N(Cc1ccccc1)Cc1ccccc1. The molecule has 0 radical (unpaired) electrons. The largest absolute Gasteiger partial charge is 0.338 e. The van der Waals surface area contributed by atoms with Gasteiger partial charge in [-0.25, -0.2) is 4.79 Å². The average Bonchev–Trinajstić information content (AvgIpc) is 2.56. The maximum absolute atomic E-state index is 12.4. The number of ketones is 1. The van der Waals surface area contributed by atoms with Crippen LogP contribution in [-0.2, 0) is 17.9 Å². The summed E-state index contributed by atoms with van der Waals surface area (Å²) in [5.74, 6) is 0.0722. The summed E-state index contributed by atoms with van der Waals surface area (Å²) in [7, 11) is 0. The zero-order valence-electron chi connectivity index (χ0n) is 13.4. The minimum Gasteiger partial charge on any atom is -0.338 e. The van der Waals surface area contributed by atoms with E-state index in [1.165, 1.54) is 6.92 Å². The lowest BCUT2D eigenvalue weighted by Gasteiger charge is -2.23. The van der Waals surface area contributed by atoms with Gasteiger partial charge >= 0.3 is 6.03 Å². The molecule has 0 aliphatic carbocycles. The van der Waals surface area contributed by atoms with Gasteiger partial charge in [-0.2, -0.15) is 0 Å². The Morgan fingerprint density at radius 1 is 0.870 bits per heavy atom. The van der Waals surface area contributed by atoms with Crippen LogP contribution in [0.4, 0.5) is 4.79 Å². The highest BCUT2D eigenvalue weighted by Crippen LogP contribution is 2.10. The van der Waals surface area contributed by atoms with Crippen LogP contribution in [0.25, 0.3) is 0 Å². The normalized spacial score (nSPS) is 10.1. The Morgan fingerprint density at radius 3 is 1.78 bits per heavy atom. The summed E-state index contributed by atoms with van der Waals surface area (Å²) in [5, 5.41) is 2.82. The fourth-order valence-electron chi connectivity index (χ4n) is 2.26. The number of hydrogen-bond acceptors (Lipinski definition) is 2. The second-order valence-electron chi connectivity index (χ2n) is 5.51. The molecule has 0 aromatic heterocycles. The molecule has 0 aliphatic rings. The first-order chi connectivity index (χ1) is 11.1. The summed E-state index contributed by atoms with van der Waals surface area (Å²) < 4.78 is 0. The minimum atomic E-state index is -0.154. The van der Waals surface area contributed by atoms with Crippen molar-refractivity contribution >= 4 is 11.8 Å². The van der Waals surface area contributed by atoms with E-state index in [9.17, 15) is 9.59 Å². The molecule has 4 heteroatoms. The van der Waals surface area contributed by atoms with Crippen molar-refractivity contribution in [3.63, 3.8) is 0 Å². The molecule has 0 aliphatic heterocycles. The molecule has 0 saturated heterocycles. The molecular formula is C19H22N2O2. The first-order valence-corrected chi connectivity index (χ1v) is 7.75. The quantitative estimate of drug-likeness (QED) is 0.852. The molecule has 4 nitrogen and oxygen atoms in total. The summed E-state index contributed by atoms with van der Waals surface area (Å²) >= 11 is 0. The van der Waals surface area contributed by atoms with Gasteiger partial charge in [-0.05, 0) is 18.1 Å². The molecule has 0 bridgehead atoms. The van der Waals surface area contributed by atoms with Crippen LogP contribution in [0.5, 0.6) is 0 Å². The van der Waals surface area contributed by atoms with Crippen molar-refractivity contribution in [2.45, 2.75) is 26.4 Å². The van der Waals surface area contributed by atoms with E-state index in [0.717, 1.165) is 11.1 Å². The number of amides is 2. The van der Waals surface area contributed by atoms with Gasteiger partial charge in [0.2, 0.25) is 0 Å². The van der Waals surface area contributed by atoms with E-state index >= 15 is 0 Å². The zero-order chi connectivity index (χ0) is 16.5. The highest BCUT2D eigenvalue weighted by molar-refractivity contribution is 5.78. The summed E-state index contributed by atoms with van der Waals surface area (Å²) in [6.45, 7) is 2.95. The fraction of sp³-hybridized carbons (Fsp3) is 0.263. The van der Waals surface area contributed by atoms with Crippen LogP contribution in [0, 0.1) is 0 Å². The van der Waals surface area contributed by atoms with Gasteiger partial charge in [0.05, 0.1) is 0 Å². The predicted octanol–water partition coefficient (Wildman–Crippen LogP) is 3.38. The molecule has 2 amide bonds. The number of hydrogen-bond donors (Lipinski definition) is 1. The standard InChI is InChI=1S/C19H22N2O2/c1-16(22)12-13-20-19(23)21(14-17-8-4-2-5-9-17)15-18-10-6-3-7-11-18/h2-11H,12-15H2,1H3,(H,20,23). The molecule has 23 heavy (non-hydrogen) atoms. The van der Waals surface area contributed by atoms with Crippen molar-refractivity contribution in [3.8, 4) is 0 Å². The number of carbonyl (C=O) groups excluding carboxylic acids is 2. The molecule has 0 unspecified atom stereocenters. The van der Waals surface area contributed by atoms with Gasteiger partial charge in [-0.3, -0.25) is 4.79 Å². The average molecular weight is 310 g/mol. The zero-order valence-corrected chi connectivity index (χ0v) is 13.4. The van der Waals surface area contributed by atoms with Crippen LogP contribution < -0.4 is 5.32 Å².